The van der Waals surface area contributed by atoms with Crippen LogP contribution in [0.3, 0.4) is 0 Å². The molecule has 21 heavy (non-hydrogen) atoms. The number of carbonyl (C=O) groups excluding carboxylic acids is 1. The maximum atomic E-state index is 11.2. The maximum Gasteiger partial charge on any atom is 0.159 e. The van der Waals surface area contributed by atoms with Crippen LogP contribution in [-0.4, -0.2) is 5.78 Å². The molecule has 0 spiro atoms. The number of ketones is 1. The first-order chi connectivity index (χ1) is 10.3. The van der Waals surface area contributed by atoms with E-state index in [1.54, 1.807) is 12.2 Å². The van der Waals surface area contributed by atoms with Crippen molar-refractivity contribution in [2.75, 3.05) is 0 Å². The summed E-state index contributed by atoms with van der Waals surface area (Å²) >= 11 is 0. The van der Waals surface area contributed by atoms with E-state index < -0.39 is 0 Å². The molecule has 0 amide bonds. The quantitative estimate of drug-likeness (QED) is 0.144. The van der Waals surface area contributed by atoms with Crippen molar-refractivity contribution in [2.24, 2.45) is 0 Å². The predicted molar refractivity (Wildman–Crippen MR) is 94.6 cm³/mol. The third kappa shape index (κ3) is 16.8. The largest absolute Gasteiger partial charge is 0.295 e. The van der Waals surface area contributed by atoms with Crippen molar-refractivity contribution in [2.45, 2.75) is 84.0 Å². The monoisotopic (exact) mass is 290 g/mol. The first kappa shape index (κ1) is 19.9. The van der Waals surface area contributed by atoms with Gasteiger partial charge in [-0.05, 0) is 18.9 Å². The molecule has 0 bridgehead atoms. The van der Waals surface area contributed by atoms with Gasteiger partial charge in [-0.2, -0.15) is 0 Å². The van der Waals surface area contributed by atoms with Crippen molar-refractivity contribution in [1.82, 2.24) is 0 Å². The molecular formula is C20H34O. The average Bonchev–Trinajstić information content (AvgIpc) is 2.48. The molecular weight excluding hydrogens is 256 g/mol. The number of hydrogen-bond donors (Lipinski definition) is 0. The Morgan fingerprint density at radius 3 is 2.00 bits per heavy atom. The molecule has 0 radical (unpaired) electrons. The Bertz CT molecular complexity index is 299. The van der Waals surface area contributed by atoms with Gasteiger partial charge in [-0.25, -0.2) is 0 Å². The number of rotatable bonds is 15. The zero-order valence-corrected chi connectivity index (χ0v) is 14.0. The van der Waals surface area contributed by atoms with Gasteiger partial charge in [0, 0.05) is 6.42 Å². The lowest BCUT2D eigenvalue weighted by molar-refractivity contribution is -0.113. The molecule has 1 nitrogen and oxygen atoms in total. The molecule has 0 heterocycles. The maximum absolute atomic E-state index is 11.2. The fraction of sp³-hybridized carbons (Fsp3) is 0.650. The first-order valence-electron chi connectivity index (χ1n) is 8.78. The average molecular weight is 290 g/mol. The molecule has 0 aliphatic rings. The lowest BCUT2D eigenvalue weighted by Crippen LogP contribution is -1.86. The van der Waals surface area contributed by atoms with Crippen molar-refractivity contribution in [3.8, 4) is 0 Å². The van der Waals surface area contributed by atoms with Crippen LogP contribution >= 0.6 is 0 Å². The highest BCUT2D eigenvalue weighted by Gasteiger charge is 1.92. The van der Waals surface area contributed by atoms with Crippen LogP contribution in [0.1, 0.15) is 84.0 Å². The van der Waals surface area contributed by atoms with Gasteiger partial charge in [0.15, 0.2) is 5.78 Å². The third-order valence-corrected chi connectivity index (χ3v) is 3.60. The molecule has 0 aromatic heterocycles. The molecule has 0 aromatic rings. The summed E-state index contributed by atoms with van der Waals surface area (Å²) < 4.78 is 0. The Labute approximate surface area is 132 Å². The summed E-state index contributed by atoms with van der Waals surface area (Å²) in [5, 5.41) is 0. The second-order valence-corrected chi connectivity index (χ2v) is 5.72. The standard InChI is InChI=1S/C20H34O/c1-3-5-6-7-8-9-10-11-12-13-14-15-16-17-19-20(21)18-4-2/h4,15-17,19H,2-3,5-14,18H2,1H3. The van der Waals surface area contributed by atoms with Crippen LogP contribution in [0.4, 0.5) is 0 Å². The number of hydrogen-bond acceptors (Lipinski definition) is 1. The predicted octanol–water partition coefficient (Wildman–Crippen LogP) is 6.56. The molecule has 0 saturated carbocycles. The van der Waals surface area contributed by atoms with Crippen molar-refractivity contribution in [3.05, 3.63) is 37.0 Å². The molecule has 0 rings (SSSR count). The van der Waals surface area contributed by atoms with E-state index in [0.717, 1.165) is 6.42 Å². The zero-order valence-electron chi connectivity index (χ0n) is 14.0. The van der Waals surface area contributed by atoms with Crippen LogP contribution in [0.25, 0.3) is 0 Å². The fourth-order valence-corrected chi connectivity index (χ4v) is 2.30. The molecule has 0 N–H and O–H groups in total. The zero-order chi connectivity index (χ0) is 15.6. The summed E-state index contributed by atoms with van der Waals surface area (Å²) in [4.78, 5) is 11.2. The van der Waals surface area contributed by atoms with E-state index in [4.69, 9.17) is 0 Å². The summed E-state index contributed by atoms with van der Waals surface area (Å²) in [6.07, 6.45) is 24.6. The van der Waals surface area contributed by atoms with E-state index in [9.17, 15) is 4.79 Å². The van der Waals surface area contributed by atoms with Gasteiger partial charge in [-0.15, -0.1) is 6.58 Å². The molecule has 0 aliphatic carbocycles. The Balaban J connectivity index is 3.25. The summed E-state index contributed by atoms with van der Waals surface area (Å²) in [6.45, 7) is 5.81. The van der Waals surface area contributed by atoms with Crippen LogP contribution in [0.5, 0.6) is 0 Å². The molecule has 1 heteroatoms. The van der Waals surface area contributed by atoms with Crippen LogP contribution in [0.2, 0.25) is 0 Å². The van der Waals surface area contributed by atoms with Gasteiger partial charge in [0.2, 0.25) is 0 Å². The van der Waals surface area contributed by atoms with Gasteiger partial charge in [-0.3, -0.25) is 4.79 Å². The highest BCUT2D eigenvalue weighted by atomic mass is 16.1. The van der Waals surface area contributed by atoms with Crippen LogP contribution < -0.4 is 0 Å². The molecule has 0 fully saturated rings. The Morgan fingerprint density at radius 2 is 1.43 bits per heavy atom. The van der Waals surface area contributed by atoms with E-state index in [-0.39, 0.29) is 5.78 Å². The smallest absolute Gasteiger partial charge is 0.159 e. The van der Waals surface area contributed by atoms with E-state index in [1.807, 2.05) is 12.2 Å². The van der Waals surface area contributed by atoms with Crippen LogP contribution in [-0.2, 0) is 4.79 Å². The molecule has 0 saturated heterocycles. The number of unbranched alkanes of at least 4 members (excludes halogenated alkanes) is 10. The lowest BCUT2D eigenvalue weighted by Gasteiger charge is -2.01. The van der Waals surface area contributed by atoms with Gasteiger partial charge >= 0.3 is 0 Å². The second-order valence-electron chi connectivity index (χ2n) is 5.72. The third-order valence-electron chi connectivity index (χ3n) is 3.60. The van der Waals surface area contributed by atoms with Gasteiger partial charge in [0.05, 0.1) is 0 Å². The van der Waals surface area contributed by atoms with Gasteiger partial charge in [0.25, 0.3) is 0 Å². The Morgan fingerprint density at radius 1 is 0.857 bits per heavy atom. The summed E-state index contributed by atoms with van der Waals surface area (Å²) in [7, 11) is 0. The molecule has 0 aromatic carbocycles. The minimum Gasteiger partial charge on any atom is -0.295 e. The SMILES string of the molecule is C=CCC(=O)C=CC=CCCCCCCCCCCCC. The van der Waals surface area contributed by atoms with Gasteiger partial charge in [0.1, 0.15) is 0 Å². The molecule has 0 aliphatic heterocycles. The number of allylic oxidation sites excluding steroid dienone is 5. The Hall–Kier alpha value is -1.11. The van der Waals surface area contributed by atoms with E-state index in [1.165, 1.54) is 64.2 Å². The van der Waals surface area contributed by atoms with Gasteiger partial charge < -0.3 is 0 Å². The Kier molecular flexibility index (Phi) is 16.0. The number of carbonyl (C=O) groups is 1. The lowest BCUT2D eigenvalue weighted by atomic mass is 10.1. The van der Waals surface area contributed by atoms with E-state index >= 15 is 0 Å². The van der Waals surface area contributed by atoms with Crippen LogP contribution in [0, 0.1) is 0 Å². The van der Waals surface area contributed by atoms with Crippen molar-refractivity contribution >= 4 is 5.78 Å². The van der Waals surface area contributed by atoms with Crippen LogP contribution in [0.15, 0.2) is 37.0 Å². The normalized spacial score (nSPS) is 11.5. The second kappa shape index (κ2) is 16.9. The van der Waals surface area contributed by atoms with Crippen molar-refractivity contribution in [3.63, 3.8) is 0 Å². The fourth-order valence-electron chi connectivity index (χ4n) is 2.30. The topological polar surface area (TPSA) is 17.1 Å². The van der Waals surface area contributed by atoms with Crippen molar-refractivity contribution in [1.29, 1.82) is 0 Å². The summed E-state index contributed by atoms with van der Waals surface area (Å²) in [6, 6.07) is 0. The summed E-state index contributed by atoms with van der Waals surface area (Å²) in [5.74, 6) is 0.119. The molecule has 0 atom stereocenters. The highest BCUT2D eigenvalue weighted by Crippen LogP contribution is 2.11. The van der Waals surface area contributed by atoms with Crippen molar-refractivity contribution < 1.29 is 4.79 Å². The highest BCUT2D eigenvalue weighted by molar-refractivity contribution is 5.90. The first-order valence-corrected chi connectivity index (χ1v) is 8.78. The molecule has 120 valence electrons. The minimum atomic E-state index is 0.119. The van der Waals surface area contributed by atoms with Gasteiger partial charge in [-0.1, -0.05) is 89.0 Å². The molecule has 0 unspecified atom stereocenters. The van der Waals surface area contributed by atoms with E-state index in [2.05, 4.69) is 19.6 Å². The van der Waals surface area contributed by atoms with E-state index in [0.29, 0.717) is 6.42 Å². The minimum absolute atomic E-state index is 0.119. The summed E-state index contributed by atoms with van der Waals surface area (Å²) in [5.41, 5.74) is 0.